The Balaban J connectivity index is 1.22. The van der Waals surface area contributed by atoms with E-state index < -0.39 is 0 Å². The quantitative estimate of drug-likeness (QED) is 0.349. The second kappa shape index (κ2) is 9.51. The second-order valence-electron chi connectivity index (χ2n) is 9.26. The molecule has 5 aromatic rings. The Hall–Kier alpha value is -4.10. The lowest BCUT2D eigenvalue weighted by Crippen LogP contribution is -2.46. The van der Waals surface area contributed by atoms with Gasteiger partial charge in [0.15, 0.2) is 0 Å². The van der Waals surface area contributed by atoms with Crippen molar-refractivity contribution in [3.63, 3.8) is 0 Å². The fourth-order valence-corrected chi connectivity index (χ4v) is 4.89. The zero-order valence-corrected chi connectivity index (χ0v) is 20.2. The van der Waals surface area contributed by atoms with Gasteiger partial charge in [-0.1, -0.05) is 24.3 Å². The predicted octanol–water partition coefficient (Wildman–Crippen LogP) is 5.16. The Morgan fingerprint density at radius 3 is 2.44 bits per heavy atom. The molecule has 0 N–H and O–H groups in total. The summed E-state index contributed by atoms with van der Waals surface area (Å²) in [5.41, 5.74) is 6.00. The van der Waals surface area contributed by atoms with Crippen molar-refractivity contribution in [1.29, 1.82) is 0 Å². The Labute approximate surface area is 209 Å². The highest BCUT2D eigenvalue weighted by Crippen LogP contribution is 2.33. The number of pyridine rings is 2. The van der Waals surface area contributed by atoms with E-state index in [1.807, 2.05) is 54.7 Å². The smallest absolute Gasteiger partial charge is 0.128 e. The highest BCUT2D eigenvalue weighted by atomic mass is 19.1. The van der Waals surface area contributed by atoms with Gasteiger partial charge >= 0.3 is 0 Å². The third kappa shape index (κ3) is 4.45. The van der Waals surface area contributed by atoms with E-state index in [1.165, 1.54) is 6.07 Å². The zero-order valence-electron chi connectivity index (χ0n) is 20.2. The van der Waals surface area contributed by atoms with Crippen LogP contribution in [0.3, 0.4) is 0 Å². The van der Waals surface area contributed by atoms with Gasteiger partial charge in [-0.25, -0.2) is 9.37 Å². The molecule has 1 aliphatic heterocycles. The van der Waals surface area contributed by atoms with E-state index in [-0.39, 0.29) is 5.82 Å². The van der Waals surface area contributed by atoms with Crippen LogP contribution >= 0.6 is 0 Å². The standard InChI is InChI=1S/C29H27FN6/c1-34-19-24(18-33-34)23-15-26(25-6-4-10-31-28(25)16-23)21-8-9-29(32-17-21)36-13-11-35(12-14-36)20-22-5-2-3-7-27(22)30/h2-10,15-19H,11-14,20H2,1H3. The van der Waals surface area contributed by atoms with Crippen LogP contribution in [0, 0.1) is 5.82 Å². The van der Waals surface area contributed by atoms with Crippen molar-refractivity contribution in [3.05, 3.63) is 96.8 Å². The Morgan fingerprint density at radius 1 is 0.833 bits per heavy atom. The van der Waals surface area contributed by atoms with Gasteiger partial charge in [0.25, 0.3) is 0 Å². The first kappa shape index (κ1) is 22.4. The fourth-order valence-electron chi connectivity index (χ4n) is 4.89. The number of fused-ring (bicyclic) bond motifs is 1. The van der Waals surface area contributed by atoms with Crippen LogP contribution in [0.15, 0.2) is 85.5 Å². The maximum atomic E-state index is 14.0. The van der Waals surface area contributed by atoms with Gasteiger partial charge in [-0.05, 0) is 47.5 Å². The van der Waals surface area contributed by atoms with Crippen molar-refractivity contribution in [2.75, 3.05) is 31.1 Å². The molecule has 180 valence electrons. The van der Waals surface area contributed by atoms with Gasteiger partial charge in [0.05, 0.1) is 11.7 Å². The van der Waals surface area contributed by atoms with E-state index in [2.05, 4.69) is 50.2 Å². The number of rotatable bonds is 5. The van der Waals surface area contributed by atoms with Crippen LogP contribution in [0.2, 0.25) is 0 Å². The molecule has 0 unspecified atom stereocenters. The lowest BCUT2D eigenvalue weighted by molar-refractivity contribution is 0.246. The number of piperazine rings is 1. The number of halogens is 1. The normalized spacial score (nSPS) is 14.4. The summed E-state index contributed by atoms with van der Waals surface area (Å²) in [6.07, 6.45) is 7.67. The molecule has 0 saturated carbocycles. The van der Waals surface area contributed by atoms with Gasteiger partial charge in [0.2, 0.25) is 0 Å². The monoisotopic (exact) mass is 478 g/mol. The van der Waals surface area contributed by atoms with E-state index in [0.717, 1.165) is 70.7 Å². The number of benzene rings is 2. The minimum atomic E-state index is -0.132. The molecule has 36 heavy (non-hydrogen) atoms. The summed E-state index contributed by atoms with van der Waals surface area (Å²) in [4.78, 5) is 14.0. The summed E-state index contributed by atoms with van der Waals surface area (Å²) in [7, 11) is 1.92. The molecule has 6 rings (SSSR count). The average Bonchev–Trinajstić information content (AvgIpc) is 3.36. The van der Waals surface area contributed by atoms with Crippen molar-refractivity contribution in [3.8, 4) is 22.3 Å². The maximum absolute atomic E-state index is 14.0. The van der Waals surface area contributed by atoms with Crippen LogP contribution in [0.4, 0.5) is 10.2 Å². The third-order valence-corrected chi connectivity index (χ3v) is 6.87. The maximum Gasteiger partial charge on any atom is 0.128 e. The van der Waals surface area contributed by atoms with Crippen LogP contribution < -0.4 is 4.90 Å². The number of hydrogen-bond donors (Lipinski definition) is 0. The number of aromatic nitrogens is 4. The highest BCUT2D eigenvalue weighted by Gasteiger charge is 2.19. The van der Waals surface area contributed by atoms with Crippen LogP contribution in [0.5, 0.6) is 0 Å². The fraction of sp³-hybridized carbons (Fsp3) is 0.207. The molecule has 0 atom stereocenters. The molecule has 6 nitrogen and oxygen atoms in total. The minimum absolute atomic E-state index is 0.132. The zero-order chi connectivity index (χ0) is 24.5. The molecule has 3 aromatic heterocycles. The van der Waals surface area contributed by atoms with Crippen molar-refractivity contribution in [2.24, 2.45) is 7.05 Å². The summed E-state index contributed by atoms with van der Waals surface area (Å²) in [5.74, 6) is 0.836. The van der Waals surface area contributed by atoms with Gasteiger partial charge in [-0.3, -0.25) is 14.6 Å². The number of hydrogen-bond acceptors (Lipinski definition) is 5. The molecule has 0 radical (unpaired) electrons. The first-order chi connectivity index (χ1) is 17.6. The summed E-state index contributed by atoms with van der Waals surface area (Å²) in [6.45, 7) is 4.12. The molecule has 7 heteroatoms. The average molecular weight is 479 g/mol. The van der Waals surface area contributed by atoms with Gasteiger partial charge in [-0.2, -0.15) is 5.10 Å². The Bertz CT molecular complexity index is 1500. The van der Waals surface area contributed by atoms with Gasteiger partial charge in [0, 0.05) is 80.4 Å². The van der Waals surface area contributed by atoms with Crippen molar-refractivity contribution < 1.29 is 4.39 Å². The van der Waals surface area contributed by atoms with Crippen molar-refractivity contribution in [2.45, 2.75) is 6.54 Å². The molecule has 1 fully saturated rings. The predicted molar refractivity (Wildman–Crippen MR) is 141 cm³/mol. The first-order valence-electron chi connectivity index (χ1n) is 12.2. The largest absolute Gasteiger partial charge is 0.354 e. The number of nitrogens with zero attached hydrogens (tertiary/aromatic N) is 6. The summed E-state index contributed by atoms with van der Waals surface area (Å²) in [5, 5.41) is 5.43. The second-order valence-corrected chi connectivity index (χ2v) is 9.26. The van der Waals surface area contributed by atoms with E-state index in [0.29, 0.717) is 6.54 Å². The molecule has 0 aliphatic carbocycles. The van der Waals surface area contributed by atoms with Crippen LogP contribution in [0.25, 0.3) is 33.2 Å². The van der Waals surface area contributed by atoms with Gasteiger partial charge in [0.1, 0.15) is 11.6 Å². The molecule has 1 saturated heterocycles. The Morgan fingerprint density at radius 2 is 1.69 bits per heavy atom. The molecule has 0 bridgehead atoms. The highest BCUT2D eigenvalue weighted by molar-refractivity contribution is 5.98. The van der Waals surface area contributed by atoms with Crippen LogP contribution in [0.1, 0.15) is 5.56 Å². The lowest BCUT2D eigenvalue weighted by atomic mass is 9.97. The first-order valence-corrected chi connectivity index (χ1v) is 12.2. The van der Waals surface area contributed by atoms with E-state index in [1.54, 1.807) is 6.07 Å². The minimum Gasteiger partial charge on any atom is -0.354 e. The van der Waals surface area contributed by atoms with Crippen molar-refractivity contribution in [1.82, 2.24) is 24.6 Å². The topological polar surface area (TPSA) is 50.1 Å². The number of anilines is 1. The summed E-state index contributed by atoms with van der Waals surface area (Å²) < 4.78 is 15.8. The molecule has 1 aliphatic rings. The van der Waals surface area contributed by atoms with E-state index in [9.17, 15) is 4.39 Å². The molecular formula is C29H27FN6. The van der Waals surface area contributed by atoms with Gasteiger partial charge < -0.3 is 4.90 Å². The molecule has 0 amide bonds. The summed E-state index contributed by atoms with van der Waals surface area (Å²) in [6, 6.07) is 19.6. The molecular weight excluding hydrogens is 451 g/mol. The van der Waals surface area contributed by atoms with E-state index >= 15 is 0 Å². The van der Waals surface area contributed by atoms with Crippen LogP contribution in [-0.2, 0) is 13.6 Å². The molecule has 4 heterocycles. The molecule has 0 spiro atoms. The molecule has 2 aromatic carbocycles. The Kier molecular flexibility index (Phi) is 5.91. The lowest BCUT2D eigenvalue weighted by Gasteiger charge is -2.35. The SMILES string of the molecule is Cn1cc(-c2cc(-c3ccc(N4CCN(Cc5ccccc5F)CC4)nc3)c3cccnc3c2)cn1. The van der Waals surface area contributed by atoms with Gasteiger partial charge in [-0.15, -0.1) is 0 Å². The third-order valence-electron chi connectivity index (χ3n) is 6.87. The van der Waals surface area contributed by atoms with E-state index in [4.69, 9.17) is 4.98 Å². The summed E-state index contributed by atoms with van der Waals surface area (Å²) >= 11 is 0. The van der Waals surface area contributed by atoms with Crippen LogP contribution in [-0.4, -0.2) is 50.8 Å². The van der Waals surface area contributed by atoms with Crippen molar-refractivity contribution >= 4 is 16.7 Å². The number of aryl methyl sites for hydroxylation is 1.